The normalized spacial score (nSPS) is 25.1. The van der Waals surface area contributed by atoms with Gasteiger partial charge >= 0.3 is 0 Å². The molecule has 0 saturated carbocycles. The molecular weight excluding hydrogens is 449 g/mol. The van der Waals surface area contributed by atoms with Gasteiger partial charge in [0.1, 0.15) is 6.10 Å². The highest BCUT2D eigenvalue weighted by Crippen LogP contribution is 2.32. The molecule has 2 unspecified atom stereocenters. The summed E-state index contributed by atoms with van der Waals surface area (Å²) < 4.78 is 22.5. The Hall–Kier alpha value is -1.26. The number of fused-ring (bicyclic) bond motifs is 1. The summed E-state index contributed by atoms with van der Waals surface area (Å²) >= 11 is 0. The quantitative estimate of drug-likeness (QED) is 0.410. The van der Waals surface area contributed by atoms with Gasteiger partial charge in [0.05, 0.1) is 12.7 Å². The monoisotopic (exact) mass is 475 g/mol. The van der Waals surface area contributed by atoms with E-state index in [1.807, 2.05) is 25.2 Å². The molecule has 7 nitrogen and oxygen atoms in total. The third kappa shape index (κ3) is 4.34. The van der Waals surface area contributed by atoms with E-state index in [0.29, 0.717) is 19.9 Å². The zero-order chi connectivity index (χ0) is 17.1. The van der Waals surface area contributed by atoms with Gasteiger partial charge in [0.2, 0.25) is 6.79 Å². The van der Waals surface area contributed by atoms with Crippen molar-refractivity contribution in [1.29, 1.82) is 0 Å². The first-order valence-electron chi connectivity index (χ1n) is 8.91. The molecule has 3 aliphatic rings. The molecule has 2 atom stereocenters. The Labute approximate surface area is 171 Å². The van der Waals surface area contributed by atoms with Crippen molar-refractivity contribution in [2.45, 2.75) is 31.6 Å². The van der Waals surface area contributed by atoms with Crippen molar-refractivity contribution in [1.82, 2.24) is 10.2 Å². The van der Waals surface area contributed by atoms with Crippen LogP contribution in [0.2, 0.25) is 0 Å². The first-order valence-corrected chi connectivity index (χ1v) is 8.91. The number of morpholine rings is 1. The third-order valence-corrected chi connectivity index (χ3v) is 4.87. The summed E-state index contributed by atoms with van der Waals surface area (Å²) in [6.07, 6.45) is 2.55. The molecule has 144 valence electrons. The van der Waals surface area contributed by atoms with Gasteiger partial charge in [-0.2, -0.15) is 0 Å². The summed E-state index contributed by atoms with van der Waals surface area (Å²) in [5.41, 5.74) is 1.13. The van der Waals surface area contributed by atoms with Gasteiger partial charge in [-0.25, -0.2) is 0 Å². The Kier molecular flexibility index (Phi) is 6.82. The Bertz CT molecular complexity index is 637. The topological polar surface area (TPSA) is 64.6 Å². The molecule has 0 spiro atoms. The molecule has 3 heterocycles. The van der Waals surface area contributed by atoms with Crippen LogP contribution in [-0.2, 0) is 16.0 Å². The highest BCUT2D eigenvalue weighted by Gasteiger charge is 2.32. The van der Waals surface area contributed by atoms with E-state index >= 15 is 0 Å². The van der Waals surface area contributed by atoms with Gasteiger partial charge in [-0.3, -0.25) is 4.99 Å². The SMILES string of the molecule is CN=C(NCc1ccc2c(c1)OCO2)N1CCOC(C2CCCO2)C1.I. The molecule has 2 fully saturated rings. The lowest BCUT2D eigenvalue weighted by atomic mass is 10.1. The third-order valence-electron chi connectivity index (χ3n) is 4.87. The van der Waals surface area contributed by atoms with E-state index in [1.54, 1.807) is 0 Å². The number of halogens is 1. The molecule has 0 aromatic heterocycles. The highest BCUT2D eigenvalue weighted by atomic mass is 127. The average Bonchev–Trinajstić information content (AvgIpc) is 3.34. The van der Waals surface area contributed by atoms with Crippen molar-refractivity contribution >= 4 is 29.9 Å². The molecule has 1 N–H and O–H groups in total. The van der Waals surface area contributed by atoms with E-state index in [9.17, 15) is 0 Å². The lowest BCUT2D eigenvalue weighted by Gasteiger charge is -2.37. The number of benzene rings is 1. The van der Waals surface area contributed by atoms with Crippen LogP contribution in [0.1, 0.15) is 18.4 Å². The summed E-state index contributed by atoms with van der Waals surface area (Å²) in [6, 6.07) is 6.00. The summed E-state index contributed by atoms with van der Waals surface area (Å²) in [5, 5.41) is 3.44. The maximum atomic E-state index is 5.92. The summed E-state index contributed by atoms with van der Waals surface area (Å²) in [6.45, 7) is 4.18. The second kappa shape index (κ2) is 9.09. The fourth-order valence-electron chi connectivity index (χ4n) is 3.55. The average molecular weight is 475 g/mol. The summed E-state index contributed by atoms with van der Waals surface area (Å²) in [4.78, 5) is 6.69. The van der Waals surface area contributed by atoms with E-state index in [0.717, 1.165) is 55.6 Å². The molecule has 2 saturated heterocycles. The highest BCUT2D eigenvalue weighted by molar-refractivity contribution is 14.0. The molecule has 0 amide bonds. The van der Waals surface area contributed by atoms with Gasteiger partial charge in [-0.1, -0.05) is 6.07 Å². The minimum absolute atomic E-state index is 0. The van der Waals surface area contributed by atoms with Crippen LogP contribution in [0.15, 0.2) is 23.2 Å². The van der Waals surface area contributed by atoms with Gasteiger partial charge in [-0.05, 0) is 30.5 Å². The van der Waals surface area contributed by atoms with Crippen molar-refractivity contribution in [3.05, 3.63) is 23.8 Å². The van der Waals surface area contributed by atoms with Gasteiger partial charge in [-0.15, -0.1) is 24.0 Å². The molecule has 1 aromatic carbocycles. The Morgan fingerprint density at radius 3 is 2.85 bits per heavy atom. The number of hydrogen-bond donors (Lipinski definition) is 1. The van der Waals surface area contributed by atoms with Crippen LogP contribution >= 0.6 is 24.0 Å². The predicted molar refractivity (Wildman–Crippen MR) is 108 cm³/mol. The smallest absolute Gasteiger partial charge is 0.231 e. The number of hydrogen-bond acceptors (Lipinski definition) is 5. The number of ether oxygens (including phenoxy) is 4. The molecule has 3 aliphatic heterocycles. The molecular formula is C18H26IN3O4. The zero-order valence-electron chi connectivity index (χ0n) is 15.0. The van der Waals surface area contributed by atoms with Crippen LogP contribution in [0.3, 0.4) is 0 Å². The summed E-state index contributed by atoms with van der Waals surface area (Å²) in [5.74, 6) is 2.50. The number of rotatable bonds is 3. The second-order valence-electron chi connectivity index (χ2n) is 6.50. The maximum Gasteiger partial charge on any atom is 0.231 e. The van der Waals surface area contributed by atoms with Crippen LogP contribution in [0.4, 0.5) is 0 Å². The minimum Gasteiger partial charge on any atom is -0.454 e. The molecule has 0 radical (unpaired) electrons. The van der Waals surface area contributed by atoms with E-state index in [4.69, 9.17) is 18.9 Å². The first kappa shape index (κ1) is 19.5. The van der Waals surface area contributed by atoms with Crippen LogP contribution in [0.25, 0.3) is 0 Å². The lowest BCUT2D eigenvalue weighted by molar-refractivity contribution is -0.0817. The standard InChI is InChI=1S/C18H25N3O4.HI/c1-19-18(20-10-13-4-5-15-16(9-13)25-12-24-15)21-6-8-23-17(11-21)14-3-2-7-22-14;/h4-5,9,14,17H,2-3,6-8,10-12H2,1H3,(H,19,20);1H. The lowest BCUT2D eigenvalue weighted by Crippen LogP contribution is -2.53. The van der Waals surface area contributed by atoms with Gasteiger partial charge < -0.3 is 29.2 Å². The Morgan fingerprint density at radius 1 is 1.19 bits per heavy atom. The Balaban J connectivity index is 0.00000196. The van der Waals surface area contributed by atoms with Gasteiger partial charge in [0, 0.05) is 33.3 Å². The minimum atomic E-state index is 0. The van der Waals surface area contributed by atoms with E-state index in [1.165, 1.54) is 0 Å². The molecule has 8 heteroatoms. The van der Waals surface area contributed by atoms with Crippen molar-refractivity contribution in [2.24, 2.45) is 4.99 Å². The number of guanidine groups is 1. The Morgan fingerprint density at radius 2 is 2.04 bits per heavy atom. The van der Waals surface area contributed by atoms with Crippen molar-refractivity contribution < 1.29 is 18.9 Å². The molecule has 0 bridgehead atoms. The second-order valence-corrected chi connectivity index (χ2v) is 6.50. The summed E-state index contributed by atoms with van der Waals surface area (Å²) in [7, 11) is 1.82. The largest absolute Gasteiger partial charge is 0.454 e. The molecule has 26 heavy (non-hydrogen) atoms. The van der Waals surface area contributed by atoms with E-state index in [2.05, 4.69) is 15.2 Å². The molecule has 1 aromatic rings. The van der Waals surface area contributed by atoms with Crippen molar-refractivity contribution in [3.8, 4) is 11.5 Å². The fraction of sp³-hybridized carbons (Fsp3) is 0.611. The van der Waals surface area contributed by atoms with E-state index < -0.39 is 0 Å². The first-order chi connectivity index (χ1) is 12.3. The van der Waals surface area contributed by atoms with Crippen LogP contribution in [0, 0.1) is 0 Å². The van der Waals surface area contributed by atoms with Crippen LogP contribution in [-0.4, -0.2) is 63.2 Å². The maximum absolute atomic E-state index is 5.92. The number of nitrogens with zero attached hydrogens (tertiary/aromatic N) is 2. The predicted octanol–water partition coefficient (Wildman–Crippen LogP) is 1.99. The van der Waals surface area contributed by atoms with E-state index in [-0.39, 0.29) is 36.2 Å². The van der Waals surface area contributed by atoms with Crippen LogP contribution < -0.4 is 14.8 Å². The number of nitrogens with one attached hydrogen (secondary N) is 1. The van der Waals surface area contributed by atoms with Crippen molar-refractivity contribution in [3.63, 3.8) is 0 Å². The van der Waals surface area contributed by atoms with Gasteiger partial charge in [0.25, 0.3) is 0 Å². The molecule has 4 rings (SSSR count). The fourth-order valence-corrected chi connectivity index (χ4v) is 3.55. The van der Waals surface area contributed by atoms with Crippen LogP contribution in [0.5, 0.6) is 11.5 Å². The van der Waals surface area contributed by atoms with Gasteiger partial charge in [0.15, 0.2) is 17.5 Å². The number of aliphatic imine (C=N–C) groups is 1. The zero-order valence-corrected chi connectivity index (χ0v) is 17.3. The molecule has 0 aliphatic carbocycles. The van der Waals surface area contributed by atoms with Crippen molar-refractivity contribution in [2.75, 3.05) is 40.1 Å².